The van der Waals surface area contributed by atoms with Crippen LogP contribution in [-0.2, 0) is 6.42 Å². The Morgan fingerprint density at radius 3 is 2.89 bits per heavy atom. The van der Waals surface area contributed by atoms with Gasteiger partial charge in [0.25, 0.3) is 0 Å². The number of aromatic nitrogens is 2. The van der Waals surface area contributed by atoms with Crippen molar-refractivity contribution in [2.75, 3.05) is 6.54 Å². The molecule has 4 heteroatoms. The van der Waals surface area contributed by atoms with Gasteiger partial charge in [0.05, 0.1) is 11.9 Å². The van der Waals surface area contributed by atoms with Gasteiger partial charge in [0.15, 0.2) is 0 Å². The van der Waals surface area contributed by atoms with Crippen LogP contribution in [0.15, 0.2) is 24.4 Å². The molecule has 1 atom stereocenters. The van der Waals surface area contributed by atoms with E-state index < -0.39 is 0 Å². The van der Waals surface area contributed by atoms with Crippen molar-refractivity contribution in [3.63, 3.8) is 0 Å². The largest absolute Gasteiger partial charge is 0.342 e. The highest BCUT2D eigenvalue weighted by molar-refractivity contribution is 5.59. The average Bonchev–Trinajstić information content (AvgIpc) is 2.81. The van der Waals surface area contributed by atoms with E-state index in [1.807, 2.05) is 6.07 Å². The normalized spacial score (nSPS) is 12.7. The molecule has 2 aromatic rings. The molecule has 1 heterocycles. The third kappa shape index (κ3) is 2.76. The molecule has 3 nitrogen and oxygen atoms in total. The van der Waals surface area contributed by atoms with E-state index in [4.69, 9.17) is 5.73 Å². The number of nitrogens with zero attached hydrogens (tertiary/aromatic N) is 1. The molecular formula is C14H18FN3. The van der Waals surface area contributed by atoms with Gasteiger partial charge in [-0.1, -0.05) is 6.92 Å². The van der Waals surface area contributed by atoms with Crippen LogP contribution in [0.4, 0.5) is 4.39 Å². The summed E-state index contributed by atoms with van der Waals surface area (Å²) in [7, 11) is 0. The molecule has 0 fully saturated rings. The Morgan fingerprint density at radius 2 is 2.22 bits per heavy atom. The number of hydrogen-bond acceptors (Lipinski definition) is 2. The molecule has 0 saturated carbocycles. The van der Waals surface area contributed by atoms with Gasteiger partial charge >= 0.3 is 0 Å². The number of nitrogens with two attached hydrogens (primary N) is 1. The highest BCUT2D eigenvalue weighted by atomic mass is 19.1. The Bertz CT molecular complexity index is 534. The van der Waals surface area contributed by atoms with E-state index in [9.17, 15) is 4.39 Å². The minimum absolute atomic E-state index is 0.185. The molecule has 0 aliphatic rings. The van der Waals surface area contributed by atoms with Gasteiger partial charge < -0.3 is 10.7 Å². The van der Waals surface area contributed by atoms with Crippen LogP contribution in [0, 0.1) is 18.7 Å². The lowest BCUT2D eigenvalue weighted by molar-refractivity contribution is 0.577. The molecule has 3 N–H and O–H groups in total. The van der Waals surface area contributed by atoms with Crippen molar-refractivity contribution in [3.8, 4) is 11.3 Å². The first-order valence-electron chi connectivity index (χ1n) is 6.10. The van der Waals surface area contributed by atoms with Gasteiger partial charge in [-0.3, -0.25) is 0 Å². The smallest absolute Gasteiger partial charge is 0.126 e. The van der Waals surface area contributed by atoms with Gasteiger partial charge in [0, 0.05) is 12.0 Å². The summed E-state index contributed by atoms with van der Waals surface area (Å²) in [5.74, 6) is 1.14. The lowest BCUT2D eigenvalue weighted by atomic mass is 10.1. The fraction of sp³-hybridized carbons (Fsp3) is 0.357. The summed E-state index contributed by atoms with van der Waals surface area (Å²) in [5, 5.41) is 0. The van der Waals surface area contributed by atoms with E-state index in [2.05, 4.69) is 16.9 Å². The zero-order valence-electron chi connectivity index (χ0n) is 10.7. The quantitative estimate of drug-likeness (QED) is 0.872. The van der Waals surface area contributed by atoms with Gasteiger partial charge in [0.2, 0.25) is 0 Å². The van der Waals surface area contributed by atoms with Gasteiger partial charge in [-0.15, -0.1) is 0 Å². The number of halogens is 1. The van der Waals surface area contributed by atoms with Crippen LogP contribution in [0.2, 0.25) is 0 Å². The Morgan fingerprint density at radius 1 is 1.44 bits per heavy atom. The van der Waals surface area contributed by atoms with Gasteiger partial charge in [0.1, 0.15) is 11.6 Å². The lowest BCUT2D eigenvalue weighted by Gasteiger charge is -2.04. The maximum Gasteiger partial charge on any atom is 0.126 e. The maximum atomic E-state index is 13.2. The second-order valence-electron chi connectivity index (χ2n) is 4.75. The monoisotopic (exact) mass is 247 g/mol. The molecule has 96 valence electrons. The minimum Gasteiger partial charge on any atom is -0.342 e. The van der Waals surface area contributed by atoms with E-state index in [1.165, 1.54) is 6.07 Å². The first kappa shape index (κ1) is 12.8. The van der Waals surface area contributed by atoms with E-state index >= 15 is 0 Å². The minimum atomic E-state index is -0.185. The average molecular weight is 247 g/mol. The summed E-state index contributed by atoms with van der Waals surface area (Å²) in [5.41, 5.74) is 8.09. The molecule has 1 aromatic heterocycles. The number of aromatic amines is 1. The lowest BCUT2D eigenvalue weighted by Crippen LogP contribution is -2.13. The molecule has 0 bridgehead atoms. The van der Waals surface area contributed by atoms with Crippen molar-refractivity contribution in [2.45, 2.75) is 20.3 Å². The highest BCUT2D eigenvalue weighted by Crippen LogP contribution is 2.20. The van der Waals surface area contributed by atoms with Crippen LogP contribution in [0.3, 0.4) is 0 Å². The number of nitrogens with one attached hydrogen (secondary N) is 1. The molecule has 0 aliphatic carbocycles. The highest BCUT2D eigenvalue weighted by Gasteiger charge is 2.08. The number of aryl methyl sites for hydroxylation is 1. The molecule has 0 radical (unpaired) electrons. The SMILES string of the molecule is Cc1cc(-c2cnc(CC(C)CN)[nH]2)ccc1F. The Labute approximate surface area is 106 Å². The topological polar surface area (TPSA) is 54.7 Å². The third-order valence-electron chi connectivity index (χ3n) is 3.04. The molecular weight excluding hydrogens is 229 g/mol. The number of imidazole rings is 1. The fourth-order valence-electron chi connectivity index (χ4n) is 1.84. The first-order chi connectivity index (χ1) is 8.60. The van der Waals surface area contributed by atoms with Crippen molar-refractivity contribution < 1.29 is 4.39 Å². The maximum absolute atomic E-state index is 13.2. The molecule has 18 heavy (non-hydrogen) atoms. The summed E-state index contributed by atoms with van der Waals surface area (Å²) in [6.07, 6.45) is 2.61. The predicted molar refractivity (Wildman–Crippen MR) is 70.6 cm³/mol. The van der Waals surface area contributed by atoms with Gasteiger partial charge in [-0.2, -0.15) is 0 Å². The summed E-state index contributed by atoms with van der Waals surface area (Å²) in [4.78, 5) is 7.58. The zero-order valence-corrected chi connectivity index (χ0v) is 10.7. The second-order valence-corrected chi connectivity index (χ2v) is 4.75. The fourth-order valence-corrected chi connectivity index (χ4v) is 1.84. The standard InChI is InChI=1S/C14H18FN3/c1-9(7-16)5-14-17-8-13(18-14)11-3-4-12(15)10(2)6-11/h3-4,6,8-9H,5,7,16H2,1-2H3,(H,17,18). The van der Waals surface area contributed by atoms with Crippen molar-refractivity contribution >= 4 is 0 Å². The van der Waals surface area contributed by atoms with Gasteiger partial charge in [-0.05, 0) is 43.1 Å². The first-order valence-corrected chi connectivity index (χ1v) is 6.10. The molecule has 1 unspecified atom stereocenters. The number of H-pyrrole nitrogens is 1. The van der Waals surface area contributed by atoms with E-state index in [0.29, 0.717) is 18.0 Å². The number of benzene rings is 1. The van der Waals surface area contributed by atoms with Gasteiger partial charge in [-0.25, -0.2) is 9.37 Å². The molecule has 1 aromatic carbocycles. The molecule has 0 saturated heterocycles. The van der Waals surface area contributed by atoms with Crippen molar-refractivity contribution in [1.82, 2.24) is 9.97 Å². The van der Waals surface area contributed by atoms with E-state index in [1.54, 1.807) is 19.2 Å². The van der Waals surface area contributed by atoms with Crippen LogP contribution in [0.5, 0.6) is 0 Å². The Hall–Kier alpha value is -1.68. The Balaban J connectivity index is 2.21. The number of hydrogen-bond donors (Lipinski definition) is 2. The summed E-state index contributed by atoms with van der Waals surface area (Å²) < 4.78 is 13.2. The third-order valence-corrected chi connectivity index (χ3v) is 3.04. The van der Waals surface area contributed by atoms with Crippen LogP contribution >= 0.6 is 0 Å². The number of rotatable bonds is 4. The van der Waals surface area contributed by atoms with Crippen molar-refractivity contribution in [3.05, 3.63) is 41.6 Å². The van der Waals surface area contributed by atoms with Crippen LogP contribution in [0.25, 0.3) is 11.3 Å². The second kappa shape index (κ2) is 5.31. The molecule has 0 aliphatic heterocycles. The van der Waals surface area contributed by atoms with Crippen molar-refractivity contribution in [1.29, 1.82) is 0 Å². The summed E-state index contributed by atoms with van der Waals surface area (Å²) >= 11 is 0. The van der Waals surface area contributed by atoms with Crippen molar-refractivity contribution in [2.24, 2.45) is 11.7 Å². The molecule has 0 spiro atoms. The van der Waals surface area contributed by atoms with Crippen LogP contribution in [0.1, 0.15) is 18.3 Å². The summed E-state index contributed by atoms with van der Waals surface area (Å²) in [6.45, 7) is 4.49. The zero-order chi connectivity index (χ0) is 13.1. The molecule has 2 rings (SSSR count). The predicted octanol–water partition coefficient (Wildman–Crippen LogP) is 2.66. The Kier molecular flexibility index (Phi) is 3.77. The molecule has 0 amide bonds. The van der Waals surface area contributed by atoms with E-state index in [0.717, 1.165) is 23.5 Å². The van der Waals surface area contributed by atoms with Crippen LogP contribution in [-0.4, -0.2) is 16.5 Å². The van der Waals surface area contributed by atoms with Crippen LogP contribution < -0.4 is 5.73 Å². The summed E-state index contributed by atoms with van der Waals surface area (Å²) in [6, 6.07) is 5.05. The van der Waals surface area contributed by atoms with E-state index in [-0.39, 0.29) is 5.82 Å².